The number of unbranched alkanes of at least 4 members (excludes halogenated alkanes) is 2. The van der Waals surface area contributed by atoms with E-state index in [4.69, 9.17) is 5.11 Å². The Labute approximate surface area is 107 Å². The van der Waals surface area contributed by atoms with E-state index in [-0.39, 0.29) is 11.7 Å². The minimum absolute atomic E-state index is 0.193. The van der Waals surface area contributed by atoms with Gasteiger partial charge in [0.2, 0.25) is 6.29 Å². The maximum atomic E-state index is 11.4. The highest BCUT2D eigenvalue weighted by Crippen LogP contribution is 2.25. The van der Waals surface area contributed by atoms with Crippen LogP contribution in [0.1, 0.15) is 46.0 Å². The van der Waals surface area contributed by atoms with Crippen molar-refractivity contribution in [1.29, 1.82) is 0 Å². The number of carbonyl (C=O) groups is 1. The van der Waals surface area contributed by atoms with E-state index in [2.05, 4.69) is 4.74 Å². The van der Waals surface area contributed by atoms with Crippen molar-refractivity contribution < 1.29 is 24.9 Å². The molecule has 0 spiro atoms. The molecule has 0 aromatic rings. The maximum Gasteiger partial charge on any atom is 0.339 e. The van der Waals surface area contributed by atoms with E-state index in [9.17, 15) is 15.0 Å². The Hall–Kier alpha value is -0.910. The third-order valence-electron chi connectivity index (χ3n) is 3.17. The van der Waals surface area contributed by atoms with Crippen LogP contribution < -0.4 is 0 Å². The molecule has 0 fully saturated rings. The van der Waals surface area contributed by atoms with Crippen molar-refractivity contribution in [3.05, 3.63) is 11.1 Å². The smallest absolute Gasteiger partial charge is 0.339 e. The lowest BCUT2D eigenvalue weighted by Gasteiger charge is -2.10. The quantitative estimate of drug-likeness (QED) is 0.466. The molecule has 3 atom stereocenters. The highest BCUT2D eigenvalue weighted by molar-refractivity contribution is 5.92. The summed E-state index contributed by atoms with van der Waals surface area (Å²) in [5.74, 6) is -0.628. The molecule has 3 N–H and O–H groups in total. The Balaban J connectivity index is 2.33. The molecule has 104 valence electrons. The molecule has 1 aliphatic rings. The summed E-state index contributed by atoms with van der Waals surface area (Å²) in [7, 11) is 0. The van der Waals surface area contributed by atoms with Crippen LogP contribution in [0.15, 0.2) is 11.1 Å². The van der Waals surface area contributed by atoms with Gasteiger partial charge in [-0.05, 0) is 26.7 Å². The summed E-state index contributed by atoms with van der Waals surface area (Å²) in [4.78, 5) is 11.4. The molecule has 18 heavy (non-hydrogen) atoms. The number of hydrogen-bond acceptors (Lipinski definition) is 5. The number of hydrogen-bond donors (Lipinski definition) is 3. The largest absolute Gasteiger partial charge is 0.428 e. The molecule has 0 unspecified atom stereocenters. The normalized spacial score (nSPS) is 23.2. The van der Waals surface area contributed by atoms with Gasteiger partial charge in [0, 0.05) is 5.57 Å². The van der Waals surface area contributed by atoms with Crippen molar-refractivity contribution >= 4 is 5.97 Å². The molecular formula is C13H22O5. The van der Waals surface area contributed by atoms with Crippen LogP contribution in [0.5, 0.6) is 0 Å². The third kappa shape index (κ3) is 4.08. The molecule has 0 aromatic carbocycles. The highest BCUT2D eigenvalue weighted by atomic mass is 16.6. The maximum absolute atomic E-state index is 11.4. The van der Waals surface area contributed by atoms with E-state index in [1.807, 2.05) is 0 Å². The van der Waals surface area contributed by atoms with E-state index in [1.54, 1.807) is 13.8 Å². The lowest BCUT2D eigenvalue weighted by atomic mass is 9.99. The fraction of sp³-hybridized carbons (Fsp3) is 0.769. The van der Waals surface area contributed by atoms with E-state index in [0.29, 0.717) is 12.0 Å². The van der Waals surface area contributed by atoms with Crippen LogP contribution in [0, 0.1) is 0 Å². The first-order chi connectivity index (χ1) is 8.43. The van der Waals surface area contributed by atoms with Gasteiger partial charge in [0.15, 0.2) is 0 Å². The average molecular weight is 258 g/mol. The van der Waals surface area contributed by atoms with Crippen molar-refractivity contribution in [2.24, 2.45) is 0 Å². The SMILES string of the molecule is CC1=C([C@@H](O)CCCCC[C@@H](C)O)C(=O)O[C@H]1O. The van der Waals surface area contributed by atoms with Gasteiger partial charge in [-0.2, -0.15) is 0 Å². The monoisotopic (exact) mass is 258 g/mol. The van der Waals surface area contributed by atoms with Crippen molar-refractivity contribution in [2.75, 3.05) is 0 Å². The summed E-state index contributed by atoms with van der Waals surface area (Å²) < 4.78 is 4.62. The van der Waals surface area contributed by atoms with Crippen LogP contribution in [0.3, 0.4) is 0 Å². The summed E-state index contributed by atoms with van der Waals surface area (Å²) in [6, 6.07) is 0. The van der Waals surface area contributed by atoms with Gasteiger partial charge in [-0.15, -0.1) is 0 Å². The van der Waals surface area contributed by atoms with Crippen LogP contribution in [-0.4, -0.2) is 39.8 Å². The number of aliphatic hydroxyl groups excluding tert-OH is 3. The van der Waals surface area contributed by atoms with Gasteiger partial charge in [0.25, 0.3) is 0 Å². The molecular weight excluding hydrogens is 236 g/mol. The Bertz CT molecular complexity index is 321. The van der Waals surface area contributed by atoms with Gasteiger partial charge in [-0.25, -0.2) is 4.79 Å². The molecule has 0 saturated carbocycles. The number of cyclic esters (lactones) is 1. The minimum Gasteiger partial charge on any atom is -0.428 e. The molecule has 5 heteroatoms. The fourth-order valence-corrected chi connectivity index (χ4v) is 2.04. The Morgan fingerprint density at radius 3 is 2.33 bits per heavy atom. The van der Waals surface area contributed by atoms with Gasteiger partial charge in [-0.1, -0.05) is 19.3 Å². The van der Waals surface area contributed by atoms with E-state index in [0.717, 1.165) is 25.7 Å². The van der Waals surface area contributed by atoms with Gasteiger partial charge < -0.3 is 20.1 Å². The van der Waals surface area contributed by atoms with Crippen LogP contribution in [0.25, 0.3) is 0 Å². The molecule has 0 aliphatic carbocycles. The number of carbonyl (C=O) groups excluding carboxylic acids is 1. The first-order valence-corrected chi connectivity index (χ1v) is 6.39. The predicted octanol–water partition coefficient (Wildman–Crippen LogP) is 0.870. The number of aliphatic hydroxyl groups is 3. The second-order valence-electron chi connectivity index (χ2n) is 4.86. The zero-order valence-electron chi connectivity index (χ0n) is 10.9. The summed E-state index contributed by atoms with van der Waals surface area (Å²) in [6.07, 6.45) is 1.40. The Morgan fingerprint density at radius 2 is 1.83 bits per heavy atom. The second-order valence-corrected chi connectivity index (χ2v) is 4.86. The summed E-state index contributed by atoms with van der Waals surface area (Å²) in [5.41, 5.74) is 0.592. The molecule has 1 aliphatic heterocycles. The lowest BCUT2D eigenvalue weighted by molar-refractivity contribution is -0.152. The van der Waals surface area contributed by atoms with Gasteiger partial charge >= 0.3 is 5.97 Å². The first kappa shape index (κ1) is 15.1. The average Bonchev–Trinajstić information content (AvgIpc) is 2.52. The summed E-state index contributed by atoms with van der Waals surface area (Å²) in [6.45, 7) is 3.33. The van der Waals surface area contributed by atoms with Gasteiger partial charge in [-0.3, -0.25) is 0 Å². The molecule has 5 nitrogen and oxygen atoms in total. The van der Waals surface area contributed by atoms with Crippen LogP contribution in [0.2, 0.25) is 0 Å². The van der Waals surface area contributed by atoms with E-state index < -0.39 is 18.4 Å². The van der Waals surface area contributed by atoms with Gasteiger partial charge in [0.05, 0.1) is 17.8 Å². The number of esters is 1. The van der Waals surface area contributed by atoms with Gasteiger partial charge in [0.1, 0.15) is 0 Å². The Morgan fingerprint density at radius 1 is 1.22 bits per heavy atom. The lowest BCUT2D eigenvalue weighted by Crippen LogP contribution is -2.16. The minimum atomic E-state index is -1.21. The Kier molecular flexibility index (Phi) is 5.78. The highest BCUT2D eigenvalue weighted by Gasteiger charge is 2.33. The predicted molar refractivity (Wildman–Crippen MR) is 65.6 cm³/mol. The van der Waals surface area contributed by atoms with E-state index in [1.165, 1.54) is 0 Å². The standard InChI is InChI=1S/C13H22O5/c1-8(14)6-4-3-5-7-10(15)11-9(2)12(16)18-13(11)17/h8,10,12,14-16H,3-7H2,1-2H3/t8-,10+,12-/m1/s1. The van der Waals surface area contributed by atoms with Crippen molar-refractivity contribution in [1.82, 2.24) is 0 Å². The first-order valence-electron chi connectivity index (χ1n) is 6.39. The summed E-state index contributed by atoms with van der Waals surface area (Å²) in [5, 5.41) is 28.3. The molecule has 0 bridgehead atoms. The van der Waals surface area contributed by atoms with Crippen molar-refractivity contribution in [3.63, 3.8) is 0 Å². The number of ether oxygens (including phenoxy) is 1. The summed E-state index contributed by atoms with van der Waals surface area (Å²) >= 11 is 0. The van der Waals surface area contributed by atoms with Crippen molar-refractivity contribution in [3.8, 4) is 0 Å². The molecule has 0 saturated heterocycles. The molecule has 1 heterocycles. The molecule has 1 rings (SSSR count). The molecule has 0 amide bonds. The third-order valence-corrected chi connectivity index (χ3v) is 3.17. The zero-order valence-corrected chi connectivity index (χ0v) is 10.9. The molecule has 0 aromatic heterocycles. The topological polar surface area (TPSA) is 87.0 Å². The zero-order chi connectivity index (χ0) is 13.7. The fourth-order valence-electron chi connectivity index (χ4n) is 2.04. The van der Waals surface area contributed by atoms with Crippen molar-refractivity contribution in [2.45, 2.75) is 64.4 Å². The van der Waals surface area contributed by atoms with Crippen LogP contribution >= 0.6 is 0 Å². The number of rotatable bonds is 7. The second kappa shape index (κ2) is 6.87. The molecule has 0 radical (unpaired) electrons. The van der Waals surface area contributed by atoms with E-state index >= 15 is 0 Å². The van der Waals surface area contributed by atoms with Crippen LogP contribution in [-0.2, 0) is 9.53 Å². The van der Waals surface area contributed by atoms with Crippen LogP contribution in [0.4, 0.5) is 0 Å².